The number of hydrogen-bond acceptors (Lipinski definition) is 3. The number of amides is 1. The first-order chi connectivity index (χ1) is 8.26. The molecule has 4 nitrogen and oxygen atoms in total. The molecule has 17 heavy (non-hydrogen) atoms. The van der Waals surface area contributed by atoms with E-state index in [0.717, 1.165) is 25.8 Å². The van der Waals surface area contributed by atoms with Crippen LogP contribution in [0.1, 0.15) is 46.0 Å². The van der Waals surface area contributed by atoms with Gasteiger partial charge in [-0.25, -0.2) is 0 Å². The van der Waals surface area contributed by atoms with Crippen LogP contribution in [0.2, 0.25) is 0 Å². The second kappa shape index (κ2) is 8.48. The molecule has 0 aromatic rings. The fourth-order valence-corrected chi connectivity index (χ4v) is 2.12. The summed E-state index contributed by atoms with van der Waals surface area (Å²) in [6, 6.07) is 0.726. The maximum absolute atomic E-state index is 11.6. The first-order valence-electron chi connectivity index (χ1n) is 6.86. The summed E-state index contributed by atoms with van der Waals surface area (Å²) >= 11 is 0. The van der Waals surface area contributed by atoms with E-state index in [1.807, 2.05) is 0 Å². The second-order valence-electron chi connectivity index (χ2n) is 4.74. The summed E-state index contributed by atoms with van der Waals surface area (Å²) in [5.41, 5.74) is 0. The van der Waals surface area contributed by atoms with Crippen LogP contribution in [0.4, 0.5) is 0 Å². The molecule has 0 bridgehead atoms. The third kappa shape index (κ3) is 6.03. The first-order valence-corrected chi connectivity index (χ1v) is 6.86. The van der Waals surface area contributed by atoms with E-state index in [-0.39, 0.29) is 12.5 Å². The van der Waals surface area contributed by atoms with Gasteiger partial charge in [-0.15, -0.1) is 0 Å². The van der Waals surface area contributed by atoms with Gasteiger partial charge in [0.2, 0.25) is 5.91 Å². The molecular formula is C13H26N2O2. The van der Waals surface area contributed by atoms with Crippen LogP contribution < -0.4 is 10.6 Å². The van der Waals surface area contributed by atoms with Crippen LogP contribution in [0.5, 0.6) is 0 Å². The van der Waals surface area contributed by atoms with Crippen molar-refractivity contribution in [1.29, 1.82) is 0 Å². The van der Waals surface area contributed by atoms with Gasteiger partial charge in [0.25, 0.3) is 0 Å². The highest BCUT2D eigenvalue weighted by atomic mass is 16.5. The molecule has 1 aliphatic rings. The van der Waals surface area contributed by atoms with Gasteiger partial charge in [-0.1, -0.05) is 20.3 Å². The third-order valence-electron chi connectivity index (χ3n) is 3.32. The van der Waals surface area contributed by atoms with Gasteiger partial charge in [-0.3, -0.25) is 4.79 Å². The summed E-state index contributed by atoms with van der Waals surface area (Å²) in [7, 11) is 0. The van der Waals surface area contributed by atoms with E-state index in [1.165, 1.54) is 12.8 Å². The van der Waals surface area contributed by atoms with Gasteiger partial charge >= 0.3 is 0 Å². The fourth-order valence-electron chi connectivity index (χ4n) is 2.12. The molecule has 1 atom stereocenters. The van der Waals surface area contributed by atoms with E-state index < -0.39 is 0 Å². The minimum Gasteiger partial charge on any atom is -0.370 e. The van der Waals surface area contributed by atoms with Crippen LogP contribution >= 0.6 is 0 Å². The fraction of sp³-hybridized carbons (Fsp3) is 0.923. The van der Waals surface area contributed by atoms with Crippen molar-refractivity contribution < 1.29 is 9.53 Å². The standard InChI is InChI=1S/C13H26N2O2/c1-3-11(4-2)15-13(16)10-17-9-12-7-5-6-8-14-12/h11-12,14H,3-10H2,1-2H3,(H,15,16). The molecule has 0 spiro atoms. The van der Waals surface area contributed by atoms with Gasteiger partial charge in [0.1, 0.15) is 6.61 Å². The maximum atomic E-state index is 11.6. The van der Waals surface area contributed by atoms with E-state index in [9.17, 15) is 4.79 Å². The first kappa shape index (κ1) is 14.5. The van der Waals surface area contributed by atoms with Crippen LogP contribution in [0.25, 0.3) is 0 Å². The Hall–Kier alpha value is -0.610. The number of ether oxygens (including phenoxy) is 1. The van der Waals surface area contributed by atoms with Crippen molar-refractivity contribution in [3.8, 4) is 0 Å². The smallest absolute Gasteiger partial charge is 0.246 e. The number of hydrogen-bond donors (Lipinski definition) is 2. The Bertz CT molecular complexity index is 211. The summed E-state index contributed by atoms with van der Waals surface area (Å²) in [6.07, 6.45) is 5.64. The van der Waals surface area contributed by atoms with Crippen molar-refractivity contribution in [3.63, 3.8) is 0 Å². The zero-order valence-electron chi connectivity index (χ0n) is 11.1. The quantitative estimate of drug-likeness (QED) is 0.710. The normalized spacial score (nSPS) is 20.5. The summed E-state index contributed by atoms with van der Waals surface area (Å²) in [4.78, 5) is 11.6. The van der Waals surface area contributed by atoms with Gasteiger partial charge in [0.05, 0.1) is 6.61 Å². The number of nitrogens with one attached hydrogen (secondary N) is 2. The molecule has 1 rings (SSSR count). The van der Waals surface area contributed by atoms with E-state index in [4.69, 9.17) is 4.74 Å². The summed E-state index contributed by atoms with van der Waals surface area (Å²) in [5.74, 6) is 0.00881. The molecule has 0 aromatic carbocycles. The number of rotatable bonds is 7. The molecule has 4 heteroatoms. The van der Waals surface area contributed by atoms with Crippen LogP contribution in [0.15, 0.2) is 0 Å². The topological polar surface area (TPSA) is 50.4 Å². The predicted molar refractivity (Wildman–Crippen MR) is 69.0 cm³/mol. The Kier molecular flexibility index (Phi) is 7.21. The van der Waals surface area contributed by atoms with E-state index in [1.54, 1.807) is 0 Å². The monoisotopic (exact) mass is 242 g/mol. The summed E-state index contributed by atoms with van der Waals surface area (Å²) in [6.45, 7) is 6.08. The van der Waals surface area contributed by atoms with Crippen LogP contribution in [-0.2, 0) is 9.53 Å². The lowest BCUT2D eigenvalue weighted by Gasteiger charge is -2.23. The maximum Gasteiger partial charge on any atom is 0.246 e. The van der Waals surface area contributed by atoms with Crippen molar-refractivity contribution in [2.24, 2.45) is 0 Å². The molecule has 1 unspecified atom stereocenters. The molecule has 100 valence electrons. The van der Waals surface area contributed by atoms with Crippen molar-refractivity contribution in [2.75, 3.05) is 19.8 Å². The largest absolute Gasteiger partial charge is 0.370 e. The molecule has 1 aliphatic heterocycles. The van der Waals surface area contributed by atoms with Gasteiger partial charge in [-0.05, 0) is 32.2 Å². The van der Waals surface area contributed by atoms with Crippen molar-refractivity contribution in [3.05, 3.63) is 0 Å². The van der Waals surface area contributed by atoms with Crippen molar-refractivity contribution >= 4 is 5.91 Å². The minimum absolute atomic E-state index is 0.00881. The molecule has 2 N–H and O–H groups in total. The summed E-state index contributed by atoms with van der Waals surface area (Å²) in [5, 5.41) is 6.37. The van der Waals surface area contributed by atoms with E-state index in [2.05, 4.69) is 24.5 Å². The van der Waals surface area contributed by atoms with Gasteiger partial charge in [-0.2, -0.15) is 0 Å². The Morgan fingerprint density at radius 1 is 1.41 bits per heavy atom. The van der Waals surface area contributed by atoms with Crippen LogP contribution in [-0.4, -0.2) is 37.7 Å². The highest BCUT2D eigenvalue weighted by Gasteiger charge is 2.13. The predicted octanol–water partition coefficient (Wildman–Crippen LogP) is 1.45. The molecule has 0 saturated carbocycles. The lowest BCUT2D eigenvalue weighted by Crippen LogP contribution is -2.40. The lowest BCUT2D eigenvalue weighted by atomic mass is 10.1. The number of carbonyl (C=O) groups is 1. The molecule has 1 saturated heterocycles. The SMILES string of the molecule is CCC(CC)NC(=O)COCC1CCCCN1. The molecule has 1 amide bonds. The van der Waals surface area contributed by atoms with Crippen LogP contribution in [0.3, 0.4) is 0 Å². The van der Waals surface area contributed by atoms with Crippen molar-refractivity contribution in [1.82, 2.24) is 10.6 Å². The number of piperidine rings is 1. The van der Waals surface area contributed by atoms with Gasteiger partial charge in [0.15, 0.2) is 0 Å². The molecule has 1 fully saturated rings. The van der Waals surface area contributed by atoms with Gasteiger partial charge in [0, 0.05) is 12.1 Å². The molecule has 0 aliphatic carbocycles. The van der Waals surface area contributed by atoms with Crippen LogP contribution in [0, 0.1) is 0 Å². The average molecular weight is 242 g/mol. The Balaban J connectivity index is 2.06. The summed E-state index contributed by atoms with van der Waals surface area (Å²) < 4.78 is 5.45. The Morgan fingerprint density at radius 3 is 2.76 bits per heavy atom. The van der Waals surface area contributed by atoms with E-state index in [0.29, 0.717) is 18.7 Å². The highest BCUT2D eigenvalue weighted by molar-refractivity contribution is 5.77. The highest BCUT2D eigenvalue weighted by Crippen LogP contribution is 2.06. The third-order valence-corrected chi connectivity index (χ3v) is 3.32. The van der Waals surface area contributed by atoms with Crippen molar-refractivity contribution in [2.45, 2.75) is 58.0 Å². The zero-order valence-corrected chi connectivity index (χ0v) is 11.1. The van der Waals surface area contributed by atoms with Gasteiger partial charge < -0.3 is 15.4 Å². The molecule has 1 heterocycles. The van der Waals surface area contributed by atoms with E-state index >= 15 is 0 Å². The zero-order chi connectivity index (χ0) is 12.5. The Morgan fingerprint density at radius 2 is 2.18 bits per heavy atom. The minimum atomic E-state index is 0.00881. The average Bonchev–Trinajstić information content (AvgIpc) is 2.37. The molecule has 0 radical (unpaired) electrons. The second-order valence-corrected chi connectivity index (χ2v) is 4.74. The Labute approximate surface area is 104 Å². The molecule has 0 aromatic heterocycles. The molecular weight excluding hydrogens is 216 g/mol. The number of carbonyl (C=O) groups excluding carboxylic acids is 1. The lowest BCUT2D eigenvalue weighted by molar-refractivity contribution is -0.126.